The van der Waals surface area contributed by atoms with Gasteiger partial charge in [0, 0.05) is 12.0 Å². The number of benzene rings is 1. The van der Waals surface area contributed by atoms with Gasteiger partial charge < -0.3 is 5.73 Å². The van der Waals surface area contributed by atoms with Gasteiger partial charge in [-0.25, -0.2) is 0 Å². The van der Waals surface area contributed by atoms with Gasteiger partial charge in [0.1, 0.15) is 0 Å². The zero-order valence-electron chi connectivity index (χ0n) is 13.1. The van der Waals surface area contributed by atoms with E-state index >= 15 is 0 Å². The molecule has 1 aromatic carbocycles. The first-order valence-electron chi connectivity index (χ1n) is 8.35. The SMILES string of the molecule is CC1(C)CCCC(c2cccc(C3(CN)CCC3)c2)C1. The fourth-order valence-electron chi connectivity index (χ4n) is 4.32. The molecule has 1 unspecified atom stereocenters. The maximum absolute atomic E-state index is 6.07. The Morgan fingerprint density at radius 1 is 1.15 bits per heavy atom. The van der Waals surface area contributed by atoms with E-state index in [1.807, 2.05) is 0 Å². The van der Waals surface area contributed by atoms with E-state index in [4.69, 9.17) is 5.73 Å². The van der Waals surface area contributed by atoms with E-state index in [0.717, 1.165) is 12.5 Å². The Morgan fingerprint density at radius 3 is 2.55 bits per heavy atom. The highest BCUT2D eigenvalue weighted by Gasteiger charge is 2.37. The Kier molecular flexibility index (Phi) is 3.66. The van der Waals surface area contributed by atoms with Crippen molar-refractivity contribution < 1.29 is 0 Å². The molecule has 1 heteroatoms. The minimum Gasteiger partial charge on any atom is -0.330 e. The highest BCUT2D eigenvalue weighted by Crippen LogP contribution is 2.46. The van der Waals surface area contributed by atoms with Crippen LogP contribution in [0.2, 0.25) is 0 Å². The van der Waals surface area contributed by atoms with Crippen LogP contribution >= 0.6 is 0 Å². The molecule has 0 radical (unpaired) electrons. The van der Waals surface area contributed by atoms with Crippen molar-refractivity contribution in [3.05, 3.63) is 35.4 Å². The summed E-state index contributed by atoms with van der Waals surface area (Å²) in [7, 11) is 0. The quantitative estimate of drug-likeness (QED) is 0.843. The normalized spacial score (nSPS) is 27.9. The van der Waals surface area contributed by atoms with Crippen molar-refractivity contribution >= 4 is 0 Å². The highest BCUT2D eigenvalue weighted by atomic mass is 14.6. The molecule has 0 aromatic heterocycles. The molecule has 20 heavy (non-hydrogen) atoms. The van der Waals surface area contributed by atoms with Crippen LogP contribution in [0.25, 0.3) is 0 Å². The molecule has 0 bridgehead atoms. The first-order chi connectivity index (χ1) is 9.55. The molecule has 2 saturated carbocycles. The standard InChI is InChI=1S/C19H29N/c1-18(2)9-4-7-16(13-18)15-6-3-8-17(12-15)19(14-20)10-5-11-19/h3,6,8,12,16H,4-5,7,9-11,13-14,20H2,1-2H3. The summed E-state index contributed by atoms with van der Waals surface area (Å²) >= 11 is 0. The maximum atomic E-state index is 6.07. The lowest BCUT2D eigenvalue weighted by atomic mass is 9.63. The summed E-state index contributed by atoms with van der Waals surface area (Å²) in [4.78, 5) is 0. The third kappa shape index (κ3) is 2.53. The van der Waals surface area contributed by atoms with Gasteiger partial charge in [-0.2, -0.15) is 0 Å². The first kappa shape index (κ1) is 14.1. The lowest BCUT2D eigenvalue weighted by molar-refractivity contribution is 0.218. The van der Waals surface area contributed by atoms with Crippen molar-refractivity contribution in [1.82, 2.24) is 0 Å². The molecular formula is C19H29N. The van der Waals surface area contributed by atoms with Crippen LogP contribution in [0.5, 0.6) is 0 Å². The van der Waals surface area contributed by atoms with E-state index in [-0.39, 0.29) is 0 Å². The molecule has 2 aliphatic carbocycles. The summed E-state index contributed by atoms with van der Waals surface area (Å²) in [5, 5.41) is 0. The molecule has 3 rings (SSSR count). The van der Waals surface area contributed by atoms with Crippen molar-refractivity contribution in [3.63, 3.8) is 0 Å². The second-order valence-corrected chi connectivity index (χ2v) is 7.92. The van der Waals surface area contributed by atoms with Crippen LogP contribution in [0.15, 0.2) is 24.3 Å². The van der Waals surface area contributed by atoms with Gasteiger partial charge in [0.2, 0.25) is 0 Å². The topological polar surface area (TPSA) is 26.0 Å². The van der Waals surface area contributed by atoms with E-state index in [2.05, 4.69) is 38.1 Å². The molecule has 110 valence electrons. The van der Waals surface area contributed by atoms with E-state index < -0.39 is 0 Å². The maximum Gasteiger partial charge on any atom is 0.00756 e. The highest BCUT2D eigenvalue weighted by molar-refractivity contribution is 5.34. The van der Waals surface area contributed by atoms with Crippen LogP contribution < -0.4 is 5.73 Å². The second kappa shape index (κ2) is 5.18. The fraction of sp³-hybridized carbons (Fsp3) is 0.684. The molecule has 2 fully saturated rings. The van der Waals surface area contributed by atoms with E-state index in [1.54, 1.807) is 5.56 Å². The largest absolute Gasteiger partial charge is 0.330 e. The van der Waals surface area contributed by atoms with Gasteiger partial charge in [-0.05, 0) is 54.6 Å². The summed E-state index contributed by atoms with van der Waals surface area (Å²) in [5.74, 6) is 0.758. The molecule has 1 aromatic rings. The Balaban J connectivity index is 1.84. The van der Waals surface area contributed by atoms with Crippen LogP contribution in [0, 0.1) is 5.41 Å². The van der Waals surface area contributed by atoms with Gasteiger partial charge in [0.15, 0.2) is 0 Å². The molecule has 0 spiro atoms. The van der Waals surface area contributed by atoms with E-state index in [9.17, 15) is 0 Å². The summed E-state index contributed by atoms with van der Waals surface area (Å²) in [5.41, 5.74) is 9.96. The van der Waals surface area contributed by atoms with E-state index in [0.29, 0.717) is 10.8 Å². The predicted molar refractivity (Wildman–Crippen MR) is 86.0 cm³/mol. The number of hydrogen-bond acceptors (Lipinski definition) is 1. The van der Waals surface area contributed by atoms with Crippen LogP contribution in [0.3, 0.4) is 0 Å². The molecule has 0 amide bonds. The molecule has 0 aliphatic heterocycles. The summed E-state index contributed by atoms with van der Waals surface area (Å²) in [6, 6.07) is 9.40. The van der Waals surface area contributed by atoms with Gasteiger partial charge in [-0.3, -0.25) is 0 Å². The van der Waals surface area contributed by atoms with Crippen molar-refractivity contribution in [3.8, 4) is 0 Å². The fourth-order valence-corrected chi connectivity index (χ4v) is 4.32. The number of rotatable bonds is 3. The Morgan fingerprint density at radius 2 is 1.95 bits per heavy atom. The van der Waals surface area contributed by atoms with Crippen molar-refractivity contribution in [2.24, 2.45) is 11.1 Å². The Labute approximate surface area is 124 Å². The third-order valence-electron chi connectivity index (χ3n) is 5.88. The number of hydrogen-bond donors (Lipinski definition) is 1. The molecule has 2 N–H and O–H groups in total. The average molecular weight is 271 g/mol. The zero-order valence-corrected chi connectivity index (χ0v) is 13.1. The summed E-state index contributed by atoms with van der Waals surface area (Å²) < 4.78 is 0. The Hall–Kier alpha value is -0.820. The molecular weight excluding hydrogens is 242 g/mol. The summed E-state index contributed by atoms with van der Waals surface area (Å²) in [6.07, 6.45) is 9.37. The smallest absolute Gasteiger partial charge is 0.00756 e. The molecule has 1 nitrogen and oxygen atoms in total. The second-order valence-electron chi connectivity index (χ2n) is 7.92. The minimum atomic E-state index is 0.306. The van der Waals surface area contributed by atoms with Crippen LogP contribution in [-0.4, -0.2) is 6.54 Å². The number of nitrogens with two attached hydrogens (primary N) is 1. The zero-order chi connectivity index (χ0) is 14.2. The van der Waals surface area contributed by atoms with Crippen LogP contribution in [0.4, 0.5) is 0 Å². The van der Waals surface area contributed by atoms with Gasteiger partial charge in [0.05, 0.1) is 0 Å². The first-order valence-corrected chi connectivity index (χ1v) is 8.35. The van der Waals surface area contributed by atoms with Gasteiger partial charge in [-0.15, -0.1) is 0 Å². The molecule has 1 atom stereocenters. The molecule has 0 heterocycles. The molecule has 2 aliphatic rings. The lowest BCUT2D eigenvalue weighted by Gasteiger charge is -2.42. The van der Waals surface area contributed by atoms with Crippen LogP contribution in [-0.2, 0) is 5.41 Å². The third-order valence-corrected chi connectivity index (χ3v) is 5.88. The monoisotopic (exact) mass is 271 g/mol. The lowest BCUT2D eigenvalue weighted by Crippen LogP contribution is -2.41. The van der Waals surface area contributed by atoms with Gasteiger partial charge in [0.25, 0.3) is 0 Å². The van der Waals surface area contributed by atoms with Gasteiger partial charge in [-0.1, -0.05) is 51.0 Å². The van der Waals surface area contributed by atoms with Crippen molar-refractivity contribution in [2.75, 3.05) is 6.54 Å². The van der Waals surface area contributed by atoms with Crippen molar-refractivity contribution in [2.45, 2.75) is 70.1 Å². The van der Waals surface area contributed by atoms with Gasteiger partial charge >= 0.3 is 0 Å². The van der Waals surface area contributed by atoms with Crippen LogP contribution in [0.1, 0.15) is 75.8 Å². The Bertz CT molecular complexity index is 465. The van der Waals surface area contributed by atoms with E-state index in [1.165, 1.54) is 50.5 Å². The average Bonchev–Trinajstić information content (AvgIpc) is 2.37. The minimum absolute atomic E-state index is 0.306. The predicted octanol–water partition coefficient (Wildman–Crippen LogP) is 4.75. The molecule has 0 saturated heterocycles. The summed E-state index contributed by atoms with van der Waals surface area (Å²) in [6.45, 7) is 5.67. The van der Waals surface area contributed by atoms with Crippen molar-refractivity contribution in [1.29, 1.82) is 0 Å².